The Morgan fingerprint density at radius 1 is 1.00 bits per heavy atom. The Morgan fingerprint density at radius 2 is 1.76 bits per heavy atom. The van der Waals surface area contributed by atoms with Crippen molar-refractivity contribution in [3.63, 3.8) is 0 Å². The molecule has 0 aliphatic rings. The Bertz CT molecular complexity index is 1160. The number of thiophene rings is 1. The molecule has 8 heteroatoms. The zero-order valence-corrected chi connectivity index (χ0v) is 15.6. The number of amides is 1. The SMILES string of the molecule is O=C(Nc1ccc(OC(F)(F)F)cc1)c1cc(-c2cccs2)nc2ccccc12. The van der Waals surface area contributed by atoms with Gasteiger partial charge in [0.1, 0.15) is 5.75 Å². The molecule has 146 valence electrons. The topological polar surface area (TPSA) is 51.2 Å². The van der Waals surface area contributed by atoms with Gasteiger partial charge in [0.15, 0.2) is 0 Å². The van der Waals surface area contributed by atoms with Gasteiger partial charge < -0.3 is 10.1 Å². The molecule has 0 spiro atoms. The second kappa shape index (κ2) is 7.56. The third-order valence-corrected chi connectivity index (χ3v) is 4.97. The molecule has 0 fully saturated rings. The summed E-state index contributed by atoms with van der Waals surface area (Å²) in [5.74, 6) is -0.740. The number of rotatable bonds is 4. The van der Waals surface area contributed by atoms with Crippen molar-refractivity contribution in [2.75, 3.05) is 5.32 Å². The first-order valence-corrected chi connectivity index (χ1v) is 9.38. The van der Waals surface area contributed by atoms with Gasteiger partial charge >= 0.3 is 6.36 Å². The van der Waals surface area contributed by atoms with Crippen LogP contribution in [-0.2, 0) is 0 Å². The molecule has 0 saturated carbocycles. The summed E-state index contributed by atoms with van der Waals surface area (Å²) in [6.45, 7) is 0. The average molecular weight is 414 g/mol. The lowest BCUT2D eigenvalue weighted by Gasteiger charge is -2.11. The standard InChI is InChI=1S/C21H13F3N2O2S/c22-21(23,24)28-14-9-7-13(8-10-14)25-20(27)16-12-18(19-6-3-11-29-19)26-17-5-2-1-4-15(16)17/h1-12H,(H,25,27). The molecule has 1 N–H and O–H groups in total. The summed E-state index contributed by atoms with van der Waals surface area (Å²) in [4.78, 5) is 18.5. The lowest BCUT2D eigenvalue weighted by atomic mass is 10.1. The lowest BCUT2D eigenvalue weighted by Crippen LogP contribution is -2.17. The Balaban J connectivity index is 1.64. The van der Waals surface area contributed by atoms with Gasteiger partial charge in [-0.1, -0.05) is 24.3 Å². The number of hydrogen-bond donors (Lipinski definition) is 1. The van der Waals surface area contributed by atoms with E-state index in [9.17, 15) is 18.0 Å². The molecule has 4 aromatic rings. The number of nitrogens with zero attached hydrogens (tertiary/aromatic N) is 1. The van der Waals surface area contributed by atoms with Gasteiger partial charge in [-0.2, -0.15) is 0 Å². The molecule has 2 aromatic carbocycles. The summed E-state index contributed by atoms with van der Waals surface area (Å²) in [6, 6.07) is 17.8. The average Bonchev–Trinajstić information content (AvgIpc) is 3.22. The summed E-state index contributed by atoms with van der Waals surface area (Å²) < 4.78 is 40.7. The summed E-state index contributed by atoms with van der Waals surface area (Å²) >= 11 is 1.52. The van der Waals surface area contributed by atoms with Gasteiger partial charge in [-0.05, 0) is 47.8 Å². The maximum Gasteiger partial charge on any atom is 0.573 e. The van der Waals surface area contributed by atoms with Crippen molar-refractivity contribution in [2.45, 2.75) is 6.36 Å². The first kappa shape index (κ1) is 18.9. The van der Waals surface area contributed by atoms with Crippen LogP contribution in [0.2, 0.25) is 0 Å². The summed E-state index contributed by atoms with van der Waals surface area (Å²) in [5.41, 5.74) is 2.13. The van der Waals surface area contributed by atoms with E-state index < -0.39 is 6.36 Å². The highest BCUT2D eigenvalue weighted by Gasteiger charge is 2.31. The van der Waals surface area contributed by atoms with Crippen molar-refractivity contribution in [2.24, 2.45) is 0 Å². The van der Waals surface area contributed by atoms with Crippen LogP contribution < -0.4 is 10.1 Å². The van der Waals surface area contributed by atoms with Gasteiger partial charge in [0.05, 0.1) is 21.7 Å². The summed E-state index contributed by atoms with van der Waals surface area (Å²) in [7, 11) is 0. The molecular weight excluding hydrogens is 401 g/mol. The van der Waals surface area contributed by atoms with Gasteiger partial charge in [0.25, 0.3) is 5.91 Å². The van der Waals surface area contributed by atoms with Gasteiger partial charge in [-0.25, -0.2) is 4.98 Å². The number of ether oxygens (including phenoxy) is 1. The van der Waals surface area contributed by atoms with E-state index in [0.29, 0.717) is 27.8 Å². The van der Waals surface area contributed by atoms with Crippen LogP contribution in [-0.4, -0.2) is 17.3 Å². The minimum absolute atomic E-state index is 0.350. The van der Waals surface area contributed by atoms with E-state index in [2.05, 4.69) is 15.0 Å². The Kier molecular flexibility index (Phi) is 4.94. The third kappa shape index (κ3) is 4.38. The van der Waals surface area contributed by atoms with E-state index in [0.717, 1.165) is 17.0 Å². The van der Waals surface area contributed by atoms with Gasteiger partial charge in [0, 0.05) is 11.1 Å². The predicted molar refractivity (Wildman–Crippen MR) is 106 cm³/mol. The van der Waals surface area contributed by atoms with Crippen molar-refractivity contribution in [1.82, 2.24) is 4.98 Å². The van der Waals surface area contributed by atoms with Crippen molar-refractivity contribution in [3.05, 3.63) is 77.7 Å². The normalized spacial score (nSPS) is 11.4. The number of alkyl halides is 3. The fourth-order valence-electron chi connectivity index (χ4n) is 2.85. The quantitative estimate of drug-likeness (QED) is 0.438. The maximum absolute atomic E-state index is 12.9. The number of benzene rings is 2. The van der Waals surface area contributed by atoms with E-state index in [1.807, 2.05) is 35.7 Å². The second-order valence-electron chi connectivity index (χ2n) is 6.08. The fraction of sp³-hybridized carbons (Fsp3) is 0.0476. The van der Waals surface area contributed by atoms with E-state index in [4.69, 9.17) is 0 Å². The number of nitrogens with one attached hydrogen (secondary N) is 1. The molecule has 0 bridgehead atoms. The number of pyridine rings is 1. The van der Waals surface area contributed by atoms with Crippen LogP contribution in [0.1, 0.15) is 10.4 Å². The molecule has 0 unspecified atom stereocenters. The fourth-order valence-corrected chi connectivity index (χ4v) is 3.54. The Labute approximate surface area is 167 Å². The molecule has 1 amide bonds. The highest BCUT2D eigenvalue weighted by atomic mass is 32.1. The molecule has 0 aliphatic carbocycles. The number of halogens is 3. The molecule has 29 heavy (non-hydrogen) atoms. The zero-order chi connectivity index (χ0) is 20.4. The molecule has 2 aromatic heterocycles. The predicted octanol–water partition coefficient (Wildman–Crippen LogP) is 6.11. The molecule has 0 radical (unpaired) electrons. The van der Waals surface area contributed by atoms with E-state index in [1.54, 1.807) is 12.1 Å². The Hall–Kier alpha value is -3.39. The van der Waals surface area contributed by atoms with Gasteiger partial charge in [-0.15, -0.1) is 24.5 Å². The second-order valence-corrected chi connectivity index (χ2v) is 7.02. The number of fused-ring (bicyclic) bond motifs is 1. The van der Waals surface area contributed by atoms with Crippen molar-refractivity contribution in [3.8, 4) is 16.3 Å². The summed E-state index contributed by atoms with van der Waals surface area (Å²) in [5, 5.41) is 5.32. The smallest absolute Gasteiger partial charge is 0.406 e. The van der Waals surface area contributed by atoms with Gasteiger partial charge in [0.2, 0.25) is 0 Å². The first-order chi connectivity index (χ1) is 13.9. The van der Waals surface area contributed by atoms with Crippen molar-refractivity contribution >= 4 is 33.8 Å². The van der Waals surface area contributed by atoms with Crippen LogP contribution in [0, 0.1) is 0 Å². The summed E-state index contributed by atoms with van der Waals surface area (Å²) in [6.07, 6.45) is -4.76. The lowest BCUT2D eigenvalue weighted by molar-refractivity contribution is -0.274. The molecule has 0 saturated heterocycles. The van der Waals surface area contributed by atoms with Crippen LogP contribution in [0.4, 0.5) is 18.9 Å². The van der Waals surface area contributed by atoms with Crippen molar-refractivity contribution < 1.29 is 22.7 Å². The molecule has 0 atom stereocenters. The first-order valence-electron chi connectivity index (χ1n) is 8.50. The van der Waals surface area contributed by atoms with Crippen LogP contribution in [0.5, 0.6) is 5.75 Å². The highest BCUT2D eigenvalue weighted by Crippen LogP contribution is 2.29. The maximum atomic E-state index is 12.9. The van der Waals surface area contributed by atoms with Crippen LogP contribution in [0.25, 0.3) is 21.5 Å². The zero-order valence-electron chi connectivity index (χ0n) is 14.7. The van der Waals surface area contributed by atoms with E-state index in [-0.39, 0.29) is 11.7 Å². The molecular formula is C21H13F3N2O2S. The molecule has 4 rings (SSSR count). The van der Waals surface area contributed by atoms with E-state index in [1.165, 1.54) is 23.5 Å². The molecule has 2 heterocycles. The number of hydrogen-bond acceptors (Lipinski definition) is 4. The minimum Gasteiger partial charge on any atom is -0.406 e. The number of anilines is 1. The molecule has 4 nitrogen and oxygen atoms in total. The van der Waals surface area contributed by atoms with Crippen molar-refractivity contribution in [1.29, 1.82) is 0 Å². The van der Waals surface area contributed by atoms with Crippen LogP contribution in [0.3, 0.4) is 0 Å². The largest absolute Gasteiger partial charge is 0.573 e. The number of para-hydroxylation sites is 1. The van der Waals surface area contributed by atoms with E-state index >= 15 is 0 Å². The van der Waals surface area contributed by atoms with Crippen LogP contribution in [0.15, 0.2) is 72.1 Å². The third-order valence-electron chi connectivity index (χ3n) is 4.08. The molecule has 0 aliphatic heterocycles. The highest BCUT2D eigenvalue weighted by molar-refractivity contribution is 7.13. The number of carbonyl (C=O) groups excluding carboxylic acids is 1. The minimum atomic E-state index is -4.76. The van der Waals surface area contributed by atoms with Gasteiger partial charge in [-0.3, -0.25) is 4.79 Å². The number of aromatic nitrogens is 1. The Morgan fingerprint density at radius 3 is 2.45 bits per heavy atom. The van der Waals surface area contributed by atoms with Crippen LogP contribution >= 0.6 is 11.3 Å². The monoisotopic (exact) mass is 414 g/mol. The number of carbonyl (C=O) groups is 1.